The van der Waals surface area contributed by atoms with Crippen LogP contribution in [0.5, 0.6) is 0 Å². The molecule has 0 spiro atoms. The first-order valence-electron chi connectivity index (χ1n) is 11.7. The Morgan fingerprint density at radius 2 is 1.70 bits per heavy atom. The van der Waals surface area contributed by atoms with Gasteiger partial charge in [0.15, 0.2) is 5.96 Å². The molecule has 1 aromatic heterocycles. The van der Waals surface area contributed by atoms with Gasteiger partial charge in [-0.2, -0.15) is 5.10 Å². The average molecular weight is 447 g/mol. The second-order valence-corrected chi connectivity index (χ2v) is 8.24. The number of ether oxygens (including phenoxy) is 1. The number of benzene rings is 2. The Morgan fingerprint density at radius 3 is 2.48 bits per heavy atom. The summed E-state index contributed by atoms with van der Waals surface area (Å²) in [6.07, 6.45) is 3.96. The van der Waals surface area contributed by atoms with E-state index in [4.69, 9.17) is 9.73 Å². The van der Waals surface area contributed by atoms with Gasteiger partial charge in [-0.15, -0.1) is 0 Å². The molecular weight excluding hydrogens is 412 g/mol. The molecule has 3 aromatic rings. The Morgan fingerprint density at radius 1 is 0.939 bits per heavy atom. The molecule has 33 heavy (non-hydrogen) atoms. The average Bonchev–Trinajstić information content (AvgIpc) is 3.30. The van der Waals surface area contributed by atoms with Gasteiger partial charge in [0.25, 0.3) is 0 Å². The third-order valence-electron chi connectivity index (χ3n) is 5.70. The van der Waals surface area contributed by atoms with E-state index >= 15 is 0 Å². The van der Waals surface area contributed by atoms with Crippen LogP contribution >= 0.6 is 0 Å². The Hall–Kier alpha value is -3.16. The van der Waals surface area contributed by atoms with Gasteiger partial charge in [0.1, 0.15) is 0 Å². The molecule has 1 fully saturated rings. The fourth-order valence-corrected chi connectivity index (χ4v) is 3.92. The topological polar surface area (TPSA) is 66.7 Å². The summed E-state index contributed by atoms with van der Waals surface area (Å²) in [5.74, 6) is 0.814. The van der Waals surface area contributed by atoms with Crippen LogP contribution in [0, 0.1) is 0 Å². The highest BCUT2D eigenvalue weighted by Gasteiger charge is 2.13. The van der Waals surface area contributed by atoms with Crippen LogP contribution in [0.15, 0.2) is 72.0 Å². The number of guanidine groups is 1. The van der Waals surface area contributed by atoms with Crippen molar-refractivity contribution in [2.75, 3.05) is 32.8 Å². The van der Waals surface area contributed by atoms with E-state index in [0.29, 0.717) is 6.54 Å². The molecule has 1 aliphatic heterocycles. The SMILES string of the molecule is CCNC(=NCc1cnn(Cc2ccccc2)c1)NCc1ccccc1CN1CCOCC1. The molecule has 0 bridgehead atoms. The van der Waals surface area contributed by atoms with Gasteiger partial charge in [-0.25, -0.2) is 4.99 Å². The van der Waals surface area contributed by atoms with Gasteiger partial charge in [0.2, 0.25) is 0 Å². The Balaban J connectivity index is 1.34. The van der Waals surface area contributed by atoms with Crippen LogP contribution in [0.1, 0.15) is 29.2 Å². The summed E-state index contributed by atoms with van der Waals surface area (Å²) < 4.78 is 7.44. The number of nitrogens with zero attached hydrogens (tertiary/aromatic N) is 4. The third-order valence-corrected chi connectivity index (χ3v) is 5.70. The minimum Gasteiger partial charge on any atom is -0.379 e. The summed E-state index contributed by atoms with van der Waals surface area (Å²) in [6.45, 7) is 9.56. The molecule has 0 amide bonds. The first kappa shape index (κ1) is 23.0. The van der Waals surface area contributed by atoms with Crippen molar-refractivity contribution in [2.24, 2.45) is 4.99 Å². The number of morpholine rings is 1. The number of hydrogen-bond donors (Lipinski definition) is 2. The highest BCUT2D eigenvalue weighted by molar-refractivity contribution is 5.79. The number of rotatable bonds is 9. The lowest BCUT2D eigenvalue weighted by Crippen LogP contribution is -2.38. The maximum absolute atomic E-state index is 5.48. The molecule has 0 aliphatic carbocycles. The van der Waals surface area contributed by atoms with Gasteiger partial charge >= 0.3 is 0 Å². The van der Waals surface area contributed by atoms with E-state index in [0.717, 1.165) is 64.0 Å². The van der Waals surface area contributed by atoms with Crippen LogP contribution < -0.4 is 10.6 Å². The van der Waals surface area contributed by atoms with Gasteiger partial charge in [-0.1, -0.05) is 54.6 Å². The molecule has 1 aliphatic rings. The van der Waals surface area contributed by atoms with Crippen LogP contribution in [0.4, 0.5) is 0 Å². The van der Waals surface area contributed by atoms with E-state index in [1.165, 1.54) is 16.7 Å². The smallest absolute Gasteiger partial charge is 0.191 e. The summed E-state index contributed by atoms with van der Waals surface area (Å²) in [5.41, 5.74) is 4.98. The molecule has 2 N–H and O–H groups in total. The van der Waals surface area contributed by atoms with Crippen LogP contribution in [-0.4, -0.2) is 53.5 Å². The highest BCUT2D eigenvalue weighted by Crippen LogP contribution is 2.13. The van der Waals surface area contributed by atoms with E-state index in [-0.39, 0.29) is 0 Å². The molecule has 2 heterocycles. The molecule has 7 heteroatoms. The molecule has 0 unspecified atom stereocenters. The minimum absolute atomic E-state index is 0.583. The third kappa shape index (κ3) is 7.17. The quantitative estimate of drug-likeness (QED) is 0.391. The summed E-state index contributed by atoms with van der Waals surface area (Å²) >= 11 is 0. The van der Waals surface area contributed by atoms with Crippen molar-refractivity contribution >= 4 is 5.96 Å². The predicted molar refractivity (Wildman–Crippen MR) is 132 cm³/mol. The zero-order valence-electron chi connectivity index (χ0n) is 19.4. The van der Waals surface area contributed by atoms with Gasteiger partial charge < -0.3 is 15.4 Å². The van der Waals surface area contributed by atoms with E-state index in [1.54, 1.807) is 0 Å². The summed E-state index contributed by atoms with van der Waals surface area (Å²) in [5, 5.41) is 11.3. The summed E-state index contributed by atoms with van der Waals surface area (Å²) in [6, 6.07) is 19.0. The van der Waals surface area contributed by atoms with Crippen molar-refractivity contribution in [1.82, 2.24) is 25.3 Å². The van der Waals surface area contributed by atoms with Crippen molar-refractivity contribution in [3.8, 4) is 0 Å². The molecule has 0 saturated carbocycles. The van der Waals surface area contributed by atoms with Crippen molar-refractivity contribution in [2.45, 2.75) is 33.1 Å². The van der Waals surface area contributed by atoms with Crippen molar-refractivity contribution in [3.63, 3.8) is 0 Å². The van der Waals surface area contributed by atoms with Gasteiger partial charge in [-0.05, 0) is 23.6 Å². The Bertz CT molecular complexity index is 1010. The van der Waals surface area contributed by atoms with Gasteiger partial charge in [0, 0.05) is 44.5 Å². The number of aromatic nitrogens is 2. The lowest BCUT2D eigenvalue weighted by atomic mass is 10.1. The van der Waals surface area contributed by atoms with Crippen molar-refractivity contribution in [3.05, 3.63) is 89.2 Å². The second-order valence-electron chi connectivity index (χ2n) is 8.24. The first-order chi connectivity index (χ1) is 16.3. The lowest BCUT2D eigenvalue weighted by molar-refractivity contribution is 0.0341. The summed E-state index contributed by atoms with van der Waals surface area (Å²) in [4.78, 5) is 7.23. The lowest BCUT2D eigenvalue weighted by Gasteiger charge is -2.27. The van der Waals surface area contributed by atoms with Crippen molar-refractivity contribution < 1.29 is 4.74 Å². The standard InChI is InChI=1S/C26H34N6O/c1-2-27-26(28-16-23-17-30-32(20-23)19-22-8-4-3-5-9-22)29-18-24-10-6-7-11-25(24)21-31-12-14-33-15-13-31/h3-11,17,20H,2,12-16,18-19,21H2,1H3,(H2,27,28,29). The molecular formula is C26H34N6O. The molecule has 0 radical (unpaired) electrons. The number of hydrogen-bond acceptors (Lipinski definition) is 4. The van der Waals surface area contributed by atoms with Crippen LogP contribution in [0.2, 0.25) is 0 Å². The maximum atomic E-state index is 5.48. The molecule has 4 rings (SSSR count). The van der Waals surface area contributed by atoms with E-state index in [9.17, 15) is 0 Å². The van der Waals surface area contributed by atoms with Gasteiger partial charge in [-0.3, -0.25) is 9.58 Å². The number of nitrogens with one attached hydrogen (secondary N) is 2. The number of aliphatic imine (C=N–C) groups is 1. The van der Waals surface area contributed by atoms with Crippen LogP contribution in [0.25, 0.3) is 0 Å². The maximum Gasteiger partial charge on any atom is 0.191 e. The highest BCUT2D eigenvalue weighted by atomic mass is 16.5. The molecule has 0 atom stereocenters. The van der Waals surface area contributed by atoms with E-state index in [1.807, 2.05) is 16.9 Å². The fraction of sp³-hybridized carbons (Fsp3) is 0.385. The van der Waals surface area contributed by atoms with Crippen molar-refractivity contribution in [1.29, 1.82) is 0 Å². The van der Waals surface area contributed by atoms with E-state index < -0.39 is 0 Å². The normalized spacial score (nSPS) is 14.9. The first-order valence-corrected chi connectivity index (χ1v) is 11.7. The molecule has 1 saturated heterocycles. The Kier molecular flexibility index (Phi) is 8.49. The fourth-order valence-electron chi connectivity index (χ4n) is 3.92. The predicted octanol–water partition coefficient (Wildman–Crippen LogP) is 3.02. The van der Waals surface area contributed by atoms with Crippen LogP contribution in [-0.2, 0) is 30.9 Å². The molecule has 2 aromatic carbocycles. The zero-order valence-corrected chi connectivity index (χ0v) is 19.4. The molecule has 174 valence electrons. The largest absolute Gasteiger partial charge is 0.379 e. The zero-order chi connectivity index (χ0) is 22.7. The Labute approximate surface area is 196 Å². The second kappa shape index (κ2) is 12.2. The van der Waals surface area contributed by atoms with E-state index in [2.05, 4.69) is 82.3 Å². The summed E-state index contributed by atoms with van der Waals surface area (Å²) in [7, 11) is 0. The molecule has 7 nitrogen and oxygen atoms in total. The monoisotopic (exact) mass is 446 g/mol. The van der Waals surface area contributed by atoms with Crippen LogP contribution in [0.3, 0.4) is 0 Å². The minimum atomic E-state index is 0.583. The van der Waals surface area contributed by atoms with Gasteiger partial charge in [0.05, 0.1) is 32.5 Å².